The van der Waals surface area contributed by atoms with Crippen LogP contribution in [0.5, 0.6) is 0 Å². The van der Waals surface area contributed by atoms with Crippen molar-refractivity contribution in [2.24, 2.45) is 0 Å². The van der Waals surface area contributed by atoms with Crippen LogP contribution < -0.4 is 0 Å². The van der Waals surface area contributed by atoms with Crippen molar-refractivity contribution in [1.29, 1.82) is 10.5 Å². The summed E-state index contributed by atoms with van der Waals surface area (Å²) in [4.78, 5) is 0. The van der Waals surface area contributed by atoms with Gasteiger partial charge < -0.3 is 9.13 Å². The van der Waals surface area contributed by atoms with Crippen LogP contribution in [0.25, 0.3) is 109 Å². The second-order valence-electron chi connectivity index (χ2n) is 14.6. The average Bonchev–Trinajstić information content (AvgIpc) is 3.80. The molecular formula is C52H28N4. The van der Waals surface area contributed by atoms with E-state index in [0.29, 0.717) is 16.8 Å². The second kappa shape index (κ2) is 11.3. The summed E-state index contributed by atoms with van der Waals surface area (Å²) in [5.74, 6) is 0. The van der Waals surface area contributed by atoms with Crippen LogP contribution in [-0.4, -0.2) is 9.13 Å². The van der Waals surface area contributed by atoms with Crippen molar-refractivity contribution in [3.05, 3.63) is 181 Å². The van der Waals surface area contributed by atoms with Gasteiger partial charge in [-0.05, 0) is 78.8 Å². The lowest BCUT2D eigenvalue weighted by atomic mass is 9.95. The highest BCUT2D eigenvalue weighted by molar-refractivity contribution is 6.36. The van der Waals surface area contributed by atoms with E-state index < -0.39 is 0 Å². The van der Waals surface area contributed by atoms with Crippen LogP contribution in [-0.2, 0) is 0 Å². The van der Waals surface area contributed by atoms with Crippen LogP contribution >= 0.6 is 0 Å². The number of hydrogen-bond acceptors (Lipinski definition) is 2. The monoisotopic (exact) mass is 708 g/mol. The van der Waals surface area contributed by atoms with E-state index in [1.807, 2.05) is 6.07 Å². The van der Waals surface area contributed by atoms with E-state index in [0.717, 1.165) is 65.5 Å². The van der Waals surface area contributed by atoms with Crippen molar-refractivity contribution in [2.75, 3.05) is 0 Å². The minimum absolute atomic E-state index is 0.331. The Morgan fingerprint density at radius 1 is 0.357 bits per heavy atom. The Morgan fingerprint density at radius 2 is 0.786 bits per heavy atom. The van der Waals surface area contributed by atoms with Crippen LogP contribution in [0.2, 0.25) is 0 Å². The summed E-state index contributed by atoms with van der Waals surface area (Å²) in [5.41, 5.74) is 6.25. The minimum atomic E-state index is 0.331. The van der Waals surface area contributed by atoms with Gasteiger partial charge in [0, 0.05) is 32.6 Å². The Balaban J connectivity index is 1.31. The number of nitriles is 2. The van der Waals surface area contributed by atoms with Crippen LogP contribution in [0.4, 0.5) is 0 Å². The molecular weight excluding hydrogens is 681 g/mol. The quantitative estimate of drug-likeness (QED) is 0.168. The van der Waals surface area contributed by atoms with Crippen molar-refractivity contribution in [1.82, 2.24) is 9.13 Å². The molecule has 0 saturated carbocycles. The van der Waals surface area contributed by atoms with Crippen molar-refractivity contribution < 1.29 is 0 Å². The normalized spacial score (nSPS) is 11.9. The summed E-state index contributed by atoms with van der Waals surface area (Å²) in [6.45, 7) is 0. The fourth-order valence-corrected chi connectivity index (χ4v) is 9.64. The highest BCUT2D eigenvalue weighted by Gasteiger charge is 2.25. The highest BCUT2D eigenvalue weighted by atomic mass is 15.0. The maximum absolute atomic E-state index is 11.0. The van der Waals surface area contributed by atoms with Gasteiger partial charge in [-0.2, -0.15) is 10.5 Å². The van der Waals surface area contributed by atoms with Crippen LogP contribution in [0.3, 0.4) is 0 Å². The molecule has 0 unspecified atom stereocenters. The molecule has 0 radical (unpaired) electrons. The fourth-order valence-electron chi connectivity index (χ4n) is 9.64. The van der Waals surface area contributed by atoms with Crippen molar-refractivity contribution in [2.45, 2.75) is 0 Å². The third-order valence-electron chi connectivity index (χ3n) is 11.9. The molecule has 0 fully saturated rings. The van der Waals surface area contributed by atoms with E-state index in [-0.39, 0.29) is 0 Å². The molecule has 0 atom stereocenters. The van der Waals surface area contributed by atoms with Gasteiger partial charge in [-0.1, -0.05) is 140 Å². The van der Waals surface area contributed by atoms with Gasteiger partial charge in [0.2, 0.25) is 0 Å². The Hall–Kier alpha value is -7.92. The highest BCUT2D eigenvalue weighted by Crippen LogP contribution is 2.46. The third-order valence-corrected chi connectivity index (χ3v) is 11.9. The standard InChI is InChI=1S/C52H28N4/c53-29-34-27-35(55-44-24-21-31-11-1-4-14-36(31)48(44)49-37-15-5-2-12-32(37)22-25-45(49)55)28-47(43(34)30-54)56-46-26-23-33-13-3-6-16-38(33)50(46)51-41-19-9-7-17-39(41)40-18-8-10-20-42(40)52(51)56/h1-28H. The van der Waals surface area contributed by atoms with Crippen LogP contribution in [0.1, 0.15) is 11.1 Å². The molecule has 2 heterocycles. The van der Waals surface area contributed by atoms with Gasteiger partial charge in [-0.15, -0.1) is 0 Å². The maximum atomic E-state index is 11.0. The summed E-state index contributed by atoms with van der Waals surface area (Å²) in [7, 11) is 0. The Bertz CT molecular complexity index is 3700. The van der Waals surface area contributed by atoms with E-state index >= 15 is 0 Å². The fraction of sp³-hybridized carbons (Fsp3) is 0. The largest absolute Gasteiger partial charge is 0.309 e. The van der Waals surface area contributed by atoms with Gasteiger partial charge >= 0.3 is 0 Å². The maximum Gasteiger partial charge on any atom is 0.103 e. The van der Waals surface area contributed by atoms with Gasteiger partial charge in [-0.3, -0.25) is 0 Å². The number of hydrogen-bond donors (Lipinski definition) is 0. The molecule has 56 heavy (non-hydrogen) atoms. The number of benzene rings is 10. The molecule has 4 heteroatoms. The molecule has 256 valence electrons. The second-order valence-corrected chi connectivity index (χ2v) is 14.6. The summed E-state index contributed by atoms with van der Waals surface area (Å²) < 4.78 is 4.54. The zero-order valence-corrected chi connectivity index (χ0v) is 30.0. The first kappa shape index (κ1) is 30.5. The minimum Gasteiger partial charge on any atom is -0.309 e. The lowest BCUT2D eigenvalue weighted by molar-refractivity contribution is 1.12. The van der Waals surface area contributed by atoms with Gasteiger partial charge in [0.15, 0.2) is 0 Å². The zero-order valence-electron chi connectivity index (χ0n) is 30.0. The summed E-state index contributed by atoms with van der Waals surface area (Å²) >= 11 is 0. The van der Waals surface area contributed by atoms with E-state index in [4.69, 9.17) is 0 Å². The molecule has 10 aromatic carbocycles. The first-order valence-electron chi connectivity index (χ1n) is 18.8. The Labute approximate surface area is 320 Å². The van der Waals surface area contributed by atoms with Crippen LogP contribution in [0.15, 0.2) is 170 Å². The zero-order chi connectivity index (χ0) is 37.1. The molecule has 0 N–H and O–H groups in total. The van der Waals surface area contributed by atoms with E-state index in [2.05, 4.69) is 185 Å². The van der Waals surface area contributed by atoms with Gasteiger partial charge in [-0.25, -0.2) is 0 Å². The van der Waals surface area contributed by atoms with Gasteiger partial charge in [0.05, 0.1) is 38.9 Å². The number of aromatic nitrogens is 2. The molecule has 0 amide bonds. The van der Waals surface area contributed by atoms with Gasteiger partial charge in [0.1, 0.15) is 12.1 Å². The van der Waals surface area contributed by atoms with Crippen molar-refractivity contribution in [3.63, 3.8) is 0 Å². The molecule has 12 aromatic rings. The molecule has 12 rings (SSSR count). The first-order chi connectivity index (χ1) is 27.7. The SMILES string of the molecule is N#Cc1cc(-n2c3ccc4ccccc4c3c3c4ccccc4ccc32)cc(-n2c3ccc4ccccc4c3c3c4ccccc4c4ccccc4c32)c1C#N. The predicted octanol–water partition coefficient (Wildman–Crippen LogP) is 13.4. The van der Waals surface area contributed by atoms with E-state index in [1.165, 1.54) is 37.7 Å². The average molecular weight is 709 g/mol. The molecule has 0 aliphatic heterocycles. The molecule has 0 spiro atoms. The Kier molecular flexibility index (Phi) is 6.16. The third kappa shape index (κ3) is 3.94. The molecule has 2 aromatic heterocycles. The van der Waals surface area contributed by atoms with E-state index in [1.54, 1.807) is 0 Å². The summed E-state index contributed by atoms with van der Waals surface area (Å²) in [6, 6.07) is 64.9. The molecule has 4 nitrogen and oxygen atoms in total. The number of fused-ring (bicyclic) bond motifs is 17. The lowest BCUT2D eigenvalue weighted by Crippen LogP contribution is -2.04. The van der Waals surface area contributed by atoms with Crippen molar-refractivity contribution in [3.8, 4) is 23.5 Å². The number of nitrogens with zero attached hydrogens (tertiary/aromatic N) is 4. The van der Waals surface area contributed by atoms with E-state index in [9.17, 15) is 10.5 Å². The molecule has 0 aliphatic carbocycles. The molecule has 0 bridgehead atoms. The topological polar surface area (TPSA) is 57.4 Å². The van der Waals surface area contributed by atoms with Crippen molar-refractivity contribution >= 4 is 97.5 Å². The first-order valence-corrected chi connectivity index (χ1v) is 18.8. The predicted molar refractivity (Wildman–Crippen MR) is 232 cm³/mol. The lowest BCUT2D eigenvalue weighted by Gasteiger charge is -2.17. The molecule has 0 aliphatic rings. The smallest absolute Gasteiger partial charge is 0.103 e. The summed E-state index contributed by atoms with van der Waals surface area (Å²) in [6.07, 6.45) is 0. The Morgan fingerprint density at radius 3 is 1.30 bits per heavy atom. The summed E-state index contributed by atoms with van der Waals surface area (Å²) in [5, 5.41) is 38.0. The van der Waals surface area contributed by atoms with Crippen LogP contribution in [0, 0.1) is 22.7 Å². The number of rotatable bonds is 2. The van der Waals surface area contributed by atoms with Gasteiger partial charge in [0.25, 0.3) is 0 Å². The molecule has 0 saturated heterocycles.